The Hall–Kier alpha value is -0.900. The van der Waals surface area contributed by atoms with Gasteiger partial charge in [-0.05, 0) is 32.1 Å². The SMILES string of the molecule is CCCc1nc(CCC2CCCCO2)n[nH]1. The molecule has 1 N–H and O–H groups in total. The molecule has 2 heterocycles. The number of nitrogens with one attached hydrogen (secondary N) is 1. The van der Waals surface area contributed by atoms with Crippen molar-refractivity contribution in [1.29, 1.82) is 0 Å². The Bertz CT molecular complexity index is 305. The van der Waals surface area contributed by atoms with Gasteiger partial charge in [0.25, 0.3) is 0 Å². The van der Waals surface area contributed by atoms with E-state index in [1.54, 1.807) is 0 Å². The fourth-order valence-corrected chi connectivity index (χ4v) is 2.12. The average molecular weight is 223 g/mol. The highest BCUT2D eigenvalue weighted by molar-refractivity contribution is 4.91. The van der Waals surface area contributed by atoms with E-state index in [-0.39, 0.29) is 0 Å². The number of rotatable bonds is 5. The Balaban J connectivity index is 1.75. The molecule has 16 heavy (non-hydrogen) atoms. The minimum absolute atomic E-state index is 0.432. The first-order valence-corrected chi connectivity index (χ1v) is 6.40. The molecule has 1 atom stereocenters. The summed E-state index contributed by atoms with van der Waals surface area (Å²) in [4.78, 5) is 4.46. The van der Waals surface area contributed by atoms with Gasteiger partial charge in [-0.2, -0.15) is 5.10 Å². The predicted molar refractivity (Wildman–Crippen MR) is 62.3 cm³/mol. The van der Waals surface area contributed by atoms with Crippen LogP contribution in [0.4, 0.5) is 0 Å². The summed E-state index contributed by atoms with van der Waals surface area (Å²) in [6.07, 6.45) is 8.26. The minimum atomic E-state index is 0.432. The fourth-order valence-electron chi connectivity index (χ4n) is 2.12. The minimum Gasteiger partial charge on any atom is -0.378 e. The smallest absolute Gasteiger partial charge is 0.150 e. The number of aromatic amines is 1. The van der Waals surface area contributed by atoms with Crippen LogP contribution in [-0.2, 0) is 17.6 Å². The summed E-state index contributed by atoms with van der Waals surface area (Å²) in [5.41, 5.74) is 0. The molecule has 1 aromatic heterocycles. The zero-order chi connectivity index (χ0) is 11.2. The summed E-state index contributed by atoms with van der Waals surface area (Å²) in [5, 5.41) is 7.22. The molecule has 0 radical (unpaired) electrons. The number of hydrogen-bond donors (Lipinski definition) is 1. The van der Waals surface area contributed by atoms with Crippen LogP contribution in [0.5, 0.6) is 0 Å². The lowest BCUT2D eigenvalue weighted by Gasteiger charge is -2.21. The van der Waals surface area contributed by atoms with Gasteiger partial charge < -0.3 is 4.74 Å². The van der Waals surface area contributed by atoms with E-state index in [4.69, 9.17) is 4.74 Å². The first kappa shape index (κ1) is 11.6. The van der Waals surface area contributed by atoms with Gasteiger partial charge in [0.15, 0.2) is 5.82 Å². The van der Waals surface area contributed by atoms with Gasteiger partial charge in [0.1, 0.15) is 5.82 Å². The van der Waals surface area contributed by atoms with Crippen LogP contribution in [0.2, 0.25) is 0 Å². The maximum atomic E-state index is 5.69. The Morgan fingerprint density at radius 2 is 2.31 bits per heavy atom. The van der Waals surface area contributed by atoms with E-state index in [0.717, 1.165) is 43.9 Å². The first-order valence-electron chi connectivity index (χ1n) is 6.40. The van der Waals surface area contributed by atoms with Crippen molar-refractivity contribution >= 4 is 0 Å². The summed E-state index contributed by atoms with van der Waals surface area (Å²) in [6, 6.07) is 0. The summed E-state index contributed by atoms with van der Waals surface area (Å²) >= 11 is 0. The van der Waals surface area contributed by atoms with Crippen molar-refractivity contribution in [2.24, 2.45) is 0 Å². The lowest BCUT2D eigenvalue weighted by atomic mass is 10.0. The normalized spacial score (nSPS) is 21.2. The van der Waals surface area contributed by atoms with Crippen LogP contribution in [0.3, 0.4) is 0 Å². The number of ether oxygens (including phenoxy) is 1. The highest BCUT2D eigenvalue weighted by Gasteiger charge is 2.14. The maximum absolute atomic E-state index is 5.69. The highest BCUT2D eigenvalue weighted by Crippen LogP contribution is 2.16. The van der Waals surface area contributed by atoms with Gasteiger partial charge in [-0.25, -0.2) is 4.98 Å². The molecule has 1 saturated heterocycles. The first-order chi connectivity index (χ1) is 7.88. The number of H-pyrrole nitrogens is 1. The van der Waals surface area contributed by atoms with Gasteiger partial charge in [0.2, 0.25) is 0 Å². The molecule has 0 aromatic carbocycles. The van der Waals surface area contributed by atoms with E-state index in [1.807, 2.05) is 0 Å². The van der Waals surface area contributed by atoms with E-state index in [1.165, 1.54) is 19.3 Å². The molecule has 0 amide bonds. The van der Waals surface area contributed by atoms with Gasteiger partial charge in [-0.3, -0.25) is 5.10 Å². The van der Waals surface area contributed by atoms with E-state index in [0.29, 0.717) is 6.10 Å². The Morgan fingerprint density at radius 3 is 3.06 bits per heavy atom. The zero-order valence-electron chi connectivity index (χ0n) is 10.0. The van der Waals surface area contributed by atoms with Gasteiger partial charge >= 0.3 is 0 Å². The summed E-state index contributed by atoms with van der Waals surface area (Å²) in [7, 11) is 0. The third-order valence-electron chi connectivity index (χ3n) is 3.03. The third-order valence-corrected chi connectivity index (χ3v) is 3.03. The molecule has 0 aliphatic carbocycles. The van der Waals surface area contributed by atoms with Gasteiger partial charge in [-0.1, -0.05) is 6.92 Å². The largest absolute Gasteiger partial charge is 0.378 e. The van der Waals surface area contributed by atoms with Crippen molar-refractivity contribution in [3.8, 4) is 0 Å². The lowest BCUT2D eigenvalue weighted by molar-refractivity contribution is 0.0112. The van der Waals surface area contributed by atoms with Crippen molar-refractivity contribution in [3.63, 3.8) is 0 Å². The lowest BCUT2D eigenvalue weighted by Crippen LogP contribution is -2.19. The topological polar surface area (TPSA) is 50.8 Å². The van der Waals surface area contributed by atoms with Crippen LogP contribution in [0, 0.1) is 0 Å². The Kier molecular flexibility index (Phi) is 4.34. The predicted octanol–water partition coefficient (Wildman–Crippen LogP) is 2.26. The molecule has 1 unspecified atom stereocenters. The van der Waals surface area contributed by atoms with E-state index >= 15 is 0 Å². The molecule has 1 aromatic rings. The van der Waals surface area contributed by atoms with Gasteiger partial charge in [0.05, 0.1) is 6.10 Å². The second kappa shape index (κ2) is 5.99. The van der Waals surface area contributed by atoms with Crippen LogP contribution in [0.1, 0.15) is 50.7 Å². The van der Waals surface area contributed by atoms with Crippen LogP contribution >= 0.6 is 0 Å². The molecule has 0 saturated carbocycles. The van der Waals surface area contributed by atoms with Crippen LogP contribution in [-0.4, -0.2) is 27.9 Å². The molecule has 0 spiro atoms. The summed E-state index contributed by atoms with van der Waals surface area (Å²) in [6.45, 7) is 3.08. The van der Waals surface area contributed by atoms with Crippen molar-refractivity contribution in [1.82, 2.24) is 15.2 Å². The molecule has 90 valence electrons. The summed E-state index contributed by atoms with van der Waals surface area (Å²) < 4.78 is 5.69. The number of hydrogen-bond acceptors (Lipinski definition) is 3. The monoisotopic (exact) mass is 223 g/mol. The van der Waals surface area contributed by atoms with Crippen LogP contribution in [0.25, 0.3) is 0 Å². The van der Waals surface area contributed by atoms with Crippen LogP contribution in [0.15, 0.2) is 0 Å². The van der Waals surface area contributed by atoms with Crippen molar-refractivity contribution in [2.45, 2.75) is 58.0 Å². The molecular formula is C12H21N3O. The Labute approximate surface area is 96.8 Å². The summed E-state index contributed by atoms with van der Waals surface area (Å²) in [5.74, 6) is 1.96. The fraction of sp³-hybridized carbons (Fsp3) is 0.833. The molecular weight excluding hydrogens is 202 g/mol. The van der Waals surface area contributed by atoms with Crippen molar-refractivity contribution < 1.29 is 4.74 Å². The third kappa shape index (κ3) is 3.30. The molecule has 4 nitrogen and oxygen atoms in total. The van der Waals surface area contributed by atoms with Crippen molar-refractivity contribution in [2.75, 3.05) is 6.61 Å². The average Bonchev–Trinajstić information content (AvgIpc) is 2.76. The van der Waals surface area contributed by atoms with E-state index in [2.05, 4.69) is 22.1 Å². The van der Waals surface area contributed by atoms with Crippen molar-refractivity contribution in [3.05, 3.63) is 11.6 Å². The molecule has 0 bridgehead atoms. The quantitative estimate of drug-likeness (QED) is 0.833. The highest BCUT2D eigenvalue weighted by atomic mass is 16.5. The second-order valence-corrected chi connectivity index (χ2v) is 4.48. The molecule has 1 aliphatic heterocycles. The number of aromatic nitrogens is 3. The van der Waals surface area contributed by atoms with Gasteiger partial charge in [-0.15, -0.1) is 0 Å². The molecule has 1 fully saturated rings. The maximum Gasteiger partial charge on any atom is 0.150 e. The zero-order valence-corrected chi connectivity index (χ0v) is 10.0. The van der Waals surface area contributed by atoms with Gasteiger partial charge in [0, 0.05) is 19.4 Å². The number of nitrogens with zero attached hydrogens (tertiary/aromatic N) is 2. The molecule has 1 aliphatic rings. The van der Waals surface area contributed by atoms with Crippen LogP contribution < -0.4 is 0 Å². The van der Waals surface area contributed by atoms with E-state index < -0.39 is 0 Å². The molecule has 2 rings (SSSR count). The van der Waals surface area contributed by atoms with E-state index in [9.17, 15) is 0 Å². The number of aryl methyl sites for hydroxylation is 2. The second-order valence-electron chi connectivity index (χ2n) is 4.48. The Morgan fingerprint density at radius 1 is 1.38 bits per heavy atom. The molecule has 4 heteroatoms. The standard InChI is InChI=1S/C12H21N3O/c1-2-5-11-13-12(15-14-11)8-7-10-6-3-4-9-16-10/h10H,2-9H2,1H3,(H,13,14,15).